The Labute approximate surface area is 218 Å². The standard InChI is InChI=1S/C28H40FN3O5/c1-18(2)19(3)26(15-14-24(33)16-25(34)17-27(35)36)32(23-12-10-21(29)11-13-23)31-20(4)28(37)30-22-8-6-5-7-9-22/h10-15,18,22,24-25,33-34H,5-9,16-17H2,1-4H3,(H,30,37)(H,35,36)/b15-14+,26-19+,31-20+. The summed E-state index contributed by atoms with van der Waals surface area (Å²) in [7, 11) is 0. The van der Waals surface area contributed by atoms with E-state index in [1.807, 2.05) is 20.8 Å². The molecule has 1 aromatic rings. The summed E-state index contributed by atoms with van der Waals surface area (Å²) >= 11 is 0. The first-order chi connectivity index (χ1) is 17.5. The van der Waals surface area contributed by atoms with Crippen LogP contribution in [0.2, 0.25) is 0 Å². The van der Waals surface area contributed by atoms with E-state index in [2.05, 4.69) is 10.4 Å². The van der Waals surface area contributed by atoms with Crippen LogP contribution in [0.1, 0.15) is 72.6 Å². The van der Waals surface area contributed by atoms with Crippen molar-refractivity contribution in [2.24, 2.45) is 11.0 Å². The van der Waals surface area contributed by atoms with Crippen molar-refractivity contribution >= 4 is 23.3 Å². The summed E-state index contributed by atoms with van der Waals surface area (Å²) < 4.78 is 13.7. The molecule has 2 rings (SSSR count). The summed E-state index contributed by atoms with van der Waals surface area (Å²) in [6.07, 6.45) is 5.36. The number of nitrogens with zero attached hydrogens (tertiary/aromatic N) is 2. The molecule has 1 aliphatic carbocycles. The zero-order chi connectivity index (χ0) is 27.5. The molecule has 1 amide bonds. The van der Waals surface area contributed by atoms with Crippen LogP contribution in [-0.4, -0.2) is 51.2 Å². The van der Waals surface area contributed by atoms with Gasteiger partial charge in [0, 0.05) is 12.5 Å². The third-order valence-electron chi connectivity index (χ3n) is 6.49. The molecule has 0 saturated heterocycles. The second kappa shape index (κ2) is 14.6. The first kappa shape index (κ1) is 30.2. The van der Waals surface area contributed by atoms with Crippen LogP contribution in [0.25, 0.3) is 0 Å². The van der Waals surface area contributed by atoms with Crippen LogP contribution in [-0.2, 0) is 9.59 Å². The van der Waals surface area contributed by atoms with Gasteiger partial charge in [-0.1, -0.05) is 39.2 Å². The first-order valence-corrected chi connectivity index (χ1v) is 12.9. The number of carbonyl (C=O) groups excluding carboxylic acids is 1. The Morgan fingerprint density at radius 2 is 1.76 bits per heavy atom. The molecule has 0 bridgehead atoms. The van der Waals surface area contributed by atoms with Gasteiger partial charge in [0.25, 0.3) is 5.91 Å². The van der Waals surface area contributed by atoms with E-state index in [1.165, 1.54) is 24.6 Å². The highest BCUT2D eigenvalue weighted by atomic mass is 19.1. The van der Waals surface area contributed by atoms with Gasteiger partial charge in [0.15, 0.2) is 0 Å². The van der Waals surface area contributed by atoms with Crippen LogP contribution < -0.4 is 10.3 Å². The van der Waals surface area contributed by atoms with Gasteiger partial charge in [0.1, 0.15) is 11.5 Å². The topological polar surface area (TPSA) is 122 Å². The summed E-state index contributed by atoms with van der Waals surface area (Å²) in [6.45, 7) is 7.51. The smallest absolute Gasteiger partial charge is 0.305 e. The molecule has 0 spiro atoms. The minimum Gasteiger partial charge on any atom is -0.481 e. The Kier molecular flexibility index (Phi) is 11.9. The van der Waals surface area contributed by atoms with Gasteiger partial charge in [-0.2, -0.15) is 5.10 Å². The number of rotatable bonds is 12. The Morgan fingerprint density at radius 1 is 1.14 bits per heavy atom. The van der Waals surface area contributed by atoms with Gasteiger partial charge in [-0.25, -0.2) is 9.40 Å². The molecule has 2 unspecified atom stereocenters. The van der Waals surface area contributed by atoms with Gasteiger partial charge >= 0.3 is 5.97 Å². The summed E-state index contributed by atoms with van der Waals surface area (Å²) in [5.41, 5.74) is 2.21. The molecule has 37 heavy (non-hydrogen) atoms. The number of aliphatic hydroxyl groups is 2. The highest BCUT2D eigenvalue weighted by molar-refractivity contribution is 6.38. The van der Waals surface area contributed by atoms with Crippen molar-refractivity contribution < 1.29 is 29.3 Å². The second-order valence-electron chi connectivity index (χ2n) is 9.92. The van der Waals surface area contributed by atoms with Crippen LogP contribution in [0.15, 0.2) is 52.8 Å². The second-order valence-corrected chi connectivity index (χ2v) is 9.92. The third-order valence-corrected chi connectivity index (χ3v) is 6.49. The lowest BCUT2D eigenvalue weighted by molar-refractivity contribution is -0.139. The van der Waals surface area contributed by atoms with Crippen LogP contribution in [0.4, 0.5) is 10.1 Å². The van der Waals surface area contributed by atoms with E-state index in [1.54, 1.807) is 30.1 Å². The molecule has 1 fully saturated rings. The van der Waals surface area contributed by atoms with Crippen LogP contribution in [0.5, 0.6) is 0 Å². The maximum atomic E-state index is 13.7. The molecule has 1 aliphatic rings. The Bertz CT molecular complexity index is 998. The van der Waals surface area contributed by atoms with Crippen molar-refractivity contribution in [2.75, 3.05) is 5.01 Å². The average Bonchev–Trinajstić information content (AvgIpc) is 2.83. The largest absolute Gasteiger partial charge is 0.481 e. The monoisotopic (exact) mass is 517 g/mol. The number of carbonyl (C=O) groups is 2. The SMILES string of the molecule is C/C(=N\N(C(/C=C/C(O)CC(O)CC(=O)O)=C(\C)C(C)C)c1ccc(F)cc1)C(=O)NC1CCCCC1. The average molecular weight is 518 g/mol. The normalized spacial score (nSPS) is 17.5. The number of hydrogen-bond acceptors (Lipinski definition) is 6. The highest BCUT2D eigenvalue weighted by Gasteiger charge is 2.21. The predicted octanol–water partition coefficient (Wildman–Crippen LogP) is 4.53. The van der Waals surface area contributed by atoms with E-state index in [9.17, 15) is 24.2 Å². The van der Waals surface area contributed by atoms with Gasteiger partial charge in [0.2, 0.25) is 0 Å². The minimum atomic E-state index is -1.20. The van der Waals surface area contributed by atoms with Crippen molar-refractivity contribution in [1.29, 1.82) is 0 Å². The molecule has 0 radical (unpaired) electrons. The number of allylic oxidation sites excluding steroid dienone is 2. The van der Waals surface area contributed by atoms with Crippen molar-refractivity contribution in [1.82, 2.24) is 5.32 Å². The van der Waals surface area contributed by atoms with E-state index in [0.717, 1.165) is 31.3 Å². The molecule has 0 heterocycles. The maximum Gasteiger partial charge on any atom is 0.305 e. The van der Waals surface area contributed by atoms with E-state index in [4.69, 9.17) is 5.11 Å². The third kappa shape index (κ3) is 10.1. The van der Waals surface area contributed by atoms with Crippen LogP contribution in [0.3, 0.4) is 0 Å². The molecule has 204 valence electrons. The summed E-state index contributed by atoms with van der Waals surface area (Å²) in [6, 6.07) is 5.83. The summed E-state index contributed by atoms with van der Waals surface area (Å²) in [5.74, 6) is -1.77. The number of nitrogens with one attached hydrogen (secondary N) is 1. The molecular formula is C28H40FN3O5. The number of hydrazone groups is 1. The number of carboxylic acids is 1. The number of aliphatic carboxylic acids is 1. The van der Waals surface area contributed by atoms with Gasteiger partial charge in [0.05, 0.1) is 30.0 Å². The van der Waals surface area contributed by atoms with Gasteiger partial charge in [-0.05, 0) is 68.5 Å². The molecule has 0 aliphatic heterocycles. The van der Waals surface area contributed by atoms with Crippen LogP contribution in [0, 0.1) is 11.7 Å². The quantitative estimate of drug-likeness (QED) is 0.184. The molecule has 2 atom stereocenters. The number of amides is 1. The number of carboxylic acid groups (broad SMARTS) is 1. The lowest BCUT2D eigenvalue weighted by Crippen LogP contribution is -2.40. The van der Waals surface area contributed by atoms with Crippen molar-refractivity contribution in [3.63, 3.8) is 0 Å². The fourth-order valence-corrected chi connectivity index (χ4v) is 4.07. The molecular weight excluding hydrogens is 477 g/mol. The molecule has 1 saturated carbocycles. The lowest BCUT2D eigenvalue weighted by Gasteiger charge is -2.26. The number of anilines is 1. The molecule has 1 aromatic carbocycles. The fourth-order valence-electron chi connectivity index (χ4n) is 4.07. The number of benzene rings is 1. The van der Waals surface area contributed by atoms with Gasteiger partial charge in [-0.3, -0.25) is 9.59 Å². The predicted molar refractivity (Wildman–Crippen MR) is 143 cm³/mol. The molecule has 8 nitrogen and oxygen atoms in total. The first-order valence-electron chi connectivity index (χ1n) is 12.9. The Morgan fingerprint density at radius 3 is 2.32 bits per heavy atom. The van der Waals surface area contributed by atoms with Gasteiger partial charge in [-0.15, -0.1) is 0 Å². The zero-order valence-corrected chi connectivity index (χ0v) is 22.2. The van der Waals surface area contributed by atoms with Crippen molar-refractivity contribution in [3.05, 3.63) is 53.5 Å². The number of hydrogen-bond donors (Lipinski definition) is 4. The van der Waals surface area contributed by atoms with Gasteiger partial charge < -0.3 is 20.6 Å². The van der Waals surface area contributed by atoms with Crippen molar-refractivity contribution in [3.8, 4) is 0 Å². The summed E-state index contributed by atoms with van der Waals surface area (Å²) in [4.78, 5) is 23.8. The Hall–Kier alpha value is -3.04. The minimum absolute atomic E-state index is 0.0731. The number of halogens is 1. The molecule has 0 aromatic heterocycles. The highest BCUT2D eigenvalue weighted by Crippen LogP contribution is 2.27. The van der Waals surface area contributed by atoms with E-state index < -0.39 is 30.4 Å². The van der Waals surface area contributed by atoms with E-state index in [0.29, 0.717) is 11.4 Å². The maximum absolute atomic E-state index is 13.7. The zero-order valence-electron chi connectivity index (χ0n) is 22.2. The van der Waals surface area contributed by atoms with Crippen LogP contribution >= 0.6 is 0 Å². The Balaban J connectivity index is 2.42. The molecule has 4 N–H and O–H groups in total. The van der Waals surface area contributed by atoms with E-state index >= 15 is 0 Å². The summed E-state index contributed by atoms with van der Waals surface area (Å²) in [5, 5.41) is 38.4. The van der Waals surface area contributed by atoms with Crippen molar-refractivity contribution in [2.45, 2.75) is 90.9 Å². The molecule has 9 heteroatoms. The lowest BCUT2D eigenvalue weighted by atomic mass is 9.95. The fraction of sp³-hybridized carbons (Fsp3) is 0.536. The number of aliphatic hydroxyl groups excluding tert-OH is 2. The van der Waals surface area contributed by atoms with E-state index in [-0.39, 0.29) is 30.0 Å².